The Balaban J connectivity index is 6.13. The van der Waals surface area contributed by atoms with E-state index in [1.807, 2.05) is 0 Å². The predicted octanol–water partition coefficient (Wildman–Crippen LogP) is 7.49. The van der Waals surface area contributed by atoms with Crippen molar-refractivity contribution in [2.24, 2.45) is 11.3 Å². The SMILES string of the molecule is CCCCCCOC(=O)C(CC)C(C(=O)OCCCCCC)(C(=O)OCCCCCC)C(=O)OCCCCCC. The maximum Gasteiger partial charge on any atom is 0.336 e. The molecule has 0 spiro atoms. The summed E-state index contributed by atoms with van der Waals surface area (Å²) in [7, 11) is 0. The minimum Gasteiger partial charge on any atom is -0.465 e. The Kier molecular flexibility index (Phi) is 23.4. The number of ether oxygens (including phenoxy) is 4. The Morgan fingerprint density at radius 1 is 0.450 bits per heavy atom. The lowest BCUT2D eigenvalue weighted by atomic mass is 9.73. The molecule has 1 unspecified atom stereocenters. The van der Waals surface area contributed by atoms with Crippen LogP contribution in [0.1, 0.15) is 144 Å². The van der Waals surface area contributed by atoms with E-state index in [9.17, 15) is 19.2 Å². The third-order valence-electron chi connectivity index (χ3n) is 7.12. The number of rotatable bonds is 26. The summed E-state index contributed by atoms with van der Waals surface area (Å²) in [6.45, 7) is 10.2. The molecule has 0 aromatic carbocycles. The molecule has 0 bridgehead atoms. The molecule has 1 atom stereocenters. The van der Waals surface area contributed by atoms with Crippen LogP contribution in [-0.2, 0) is 38.1 Å². The molecule has 0 amide bonds. The van der Waals surface area contributed by atoms with Gasteiger partial charge in [-0.25, -0.2) is 0 Å². The molecule has 40 heavy (non-hydrogen) atoms. The molecule has 0 radical (unpaired) electrons. The van der Waals surface area contributed by atoms with Gasteiger partial charge >= 0.3 is 23.9 Å². The molecule has 0 fully saturated rings. The molecule has 8 nitrogen and oxygen atoms in total. The fraction of sp³-hybridized carbons (Fsp3) is 0.875. The van der Waals surface area contributed by atoms with Crippen LogP contribution >= 0.6 is 0 Å². The number of esters is 4. The fourth-order valence-electron chi connectivity index (χ4n) is 4.55. The van der Waals surface area contributed by atoms with Crippen LogP contribution in [0.25, 0.3) is 0 Å². The average Bonchev–Trinajstić information content (AvgIpc) is 2.94. The highest BCUT2D eigenvalue weighted by molar-refractivity contribution is 6.20. The number of unbranched alkanes of at least 4 members (excludes halogenated alkanes) is 12. The van der Waals surface area contributed by atoms with Gasteiger partial charge in [0, 0.05) is 0 Å². The second kappa shape index (κ2) is 24.7. The summed E-state index contributed by atoms with van der Waals surface area (Å²) in [4.78, 5) is 54.6. The first-order valence-electron chi connectivity index (χ1n) is 16.1. The normalized spacial score (nSPS) is 12.0. The van der Waals surface area contributed by atoms with Gasteiger partial charge in [0.2, 0.25) is 0 Å². The number of hydrogen-bond acceptors (Lipinski definition) is 8. The van der Waals surface area contributed by atoms with E-state index < -0.39 is 35.2 Å². The van der Waals surface area contributed by atoms with Gasteiger partial charge in [0.15, 0.2) is 0 Å². The molecule has 0 aliphatic carbocycles. The average molecular weight is 571 g/mol. The van der Waals surface area contributed by atoms with Crippen LogP contribution in [0.4, 0.5) is 0 Å². The van der Waals surface area contributed by atoms with Crippen LogP contribution in [0.5, 0.6) is 0 Å². The van der Waals surface area contributed by atoms with Gasteiger partial charge in [-0.3, -0.25) is 19.2 Å². The standard InChI is InChI=1S/C32H58O8/c1-6-11-15-19-23-37-28(33)27(10-5)32(29(34)38-24-20-16-12-7-2,30(35)39-25-21-17-13-8-3)31(36)40-26-22-18-14-9-4/h27H,6-26H2,1-5H3. The van der Waals surface area contributed by atoms with Gasteiger partial charge in [-0.2, -0.15) is 0 Å². The zero-order valence-corrected chi connectivity index (χ0v) is 26.2. The molecule has 0 saturated carbocycles. The van der Waals surface area contributed by atoms with Gasteiger partial charge in [-0.15, -0.1) is 0 Å². The number of carbonyl (C=O) groups excluding carboxylic acids is 4. The Labute approximate surface area is 243 Å². The molecule has 8 heteroatoms. The lowest BCUT2D eigenvalue weighted by Gasteiger charge is -2.32. The molecule has 0 aliphatic heterocycles. The van der Waals surface area contributed by atoms with Gasteiger partial charge in [-0.05, 0) is 32.1 Å². The summed E-state index contributed by atoms with van der Waals surface area (Å²) in [6.07, 6.45) is 13.9. The quantitative estimate of drug-likeness (QED) is 0.0456. The van der Waals surface area contributed by atoms with Gasteiger partial charge in [-0.1, -0.05) is 112 Å². The Morgan fingerprint density at radius 2 is 0.750 bits per heavy atom. The first-order chi connectivity index (χ1) is 19.4. The van der Waals surface area contributed by atoms with Crippen molar-refractivity contribution in [1.82, 2.24) is 0 Å². The number of carbonyl (C=O) groups is 4. The third-order valence-corrected chi connectivity index (χ3v) is 7.12. The first-order valence-corrected chi connectivity index (χ1v) is 16.1. The lowest BCUT2D eigenvalue weighted by Crippen LogP contribution is -2.57. The van der Waals surface area contributed by atoms with E-state index in [0.29, 0.717) is 25.7 Å². The van der Waals surface area contributed by atoms with Gasteiger partial charge in [0.05, 0.1) is 32.3 Å². The Bertz CT molecular complexity index is 626. The molecule has 0 saturated heterocycles. The lowest BCUT2D eigenvalue weighted by molar-refractivity contribution is -0.195. The summed E-state index contributed by atoms with van der Waals surface area (Å²) >= 11 is 0. The van der Waals surface area contributed by atoms with E-state index in [0.717, 1.165) is 77.0 Å². The molecule has 0 rings (SSSR count). The molecular formula is C32H58O8. The van der Waals surface area contributed by atoms with E-state index in [1.54, 1.807) is 6.92 Å². The highest BCUT2D eigenvalue weighted by atomic mass is 16.6. The molecule has 0 aromatic heterocycles. The van der Waals surface area contributed by atoms with Crippen LogP contribution < -0.4 is 0 Å². The van der Waals surface area contributed by atoms with Crippen molar-refractivity contribution < 1.29 is 38.1 Å². The van der Waals surface area contributed by atoms with Gasteiger partial charge in [0.1, 0.15) is 0 Å². The second-order valence-corrected chi connectivity index (χ2v) is 10.6. The van der Waals surface area contributed by atoms with Crippen LogP contribution in [0, 0.1) is 11.3 Å². The maximum atomic E-state index is 13.7. The molecule has 0 N–H and O–H groups in total. The fourth-order valence-corrected chi connectivity index (χ4v) is 4.55. The maximum absolute atomic E-state index is 13.7. The Hall–Kier alpha value is -2.12. The first kappa shape index (κ1) is 37.9. The topological polar surface area (TPSA) is 105 Å². The van der Waals surface area contributed by atoms with E-state index in [4.69, 9.17) is 18.9 Å². The van der Waals surface area contributed by atoms with Crippen molar-refractivity contribution >= 4 is 23.9 Å². The van der Waals surface area contributed by atoms with Crippen molar-refractivity contribution in [2.45, 2.75) is 144 Å². The molecule has 0 aromatic rings. The third kappa shape index (κ3) is 14.0. The summed E-state index contributed by atoms with van der Waals surface area (Å²) < 4.78 is 22.1. The Morgan fingerprint density at radius 3 is 1.02 bits per heavy atom. The molecule has 0 heterocycles. The number of hydrogen-bond donors (Lipinski definition) is 0. The highest BCUT2D eigenvalue weighted by Gasteiger charge is 2.65. The molecule has 234 valence electrons. The summed E-state index contributed by atoms with van der Waals surface area (Å²) in [6, 6.07) is 0. The summed E-state index contributed by atoms with van der Waals surface area (Å²) in [5, 5.41) is 0. The van der Waals surface area contributed by atoms with Crippen LogP contribution in [0.3, 0.4) is 0 Å². The minimum atomic E-state index is -2.56. The van der Waals surface area contributed by atoms with E-state index >= 15 is 0 Å². The van der Waals surface area contributed by atoms with Crippen LogP contribution in [-0.4, -0.2) is 50.3 Å². The zero-order chi connectivity index (χ0) is 30.1. The second-order valence-electron chi connectivity index (χ2n) is 10.6. The summed E-state index contributed by atoms with van der Waals surface area (Å²) in [5.41, 5.74) is -2.56. The smallest absolute Gasteiger partial charge is 0.336 e. The van der Waals surface area contributed by atoms with Crippen molar-refractivity contribution in [3.8, 4) is 0 Å². The highest BCUT2D eigenvalue weighted by Crippen LogP contribution is 2.37. The molecular weight excluding hydrogens is 512 g/mol. The van der Waals surface area contributed by atoms with Gasteiger partial charge in [0.25, 0.3) is 5.41 Å². The largest absolute Gasteiger partial charge is 0.465 e. The van der Waals surface area contributed by atoms with Gasteiger partial charge < -0.3 is 18.9 Å². The van der Waals surface area contributed by atoms with Crippen molar-refractivity contribution in [3.63, 3.8) is 0 Å². The minimum absolute atomic E-state index is 0.00853. The van der Waals surface area contributed by atoms with Crippen molar-refractivity contribution in [2.75, 3.05) is 26.4 Å². The van der Waals surface area contributed by atoms with Crippen molar-refractivity contribution in [3.05, 3.63) is 0 Å². The summed E-state index contributed by atoms with van der Waals surface area (Å²) in [5.74, 6) is -5.46. The zero-order valence-electron chi connectivity index (χ0n) is 26.2. The molecule has 0 aliphatic rings. The van der Waals surface area contributed by atoms with E-state index in [-0.39, 0.29) is 32.8 Å². The van der Waals surface area contributed by atoms with Crippen LogP contribution in [0.15, 0.2) is 0 Å². The van der Waals surface area contributed by atoms with E-state index in [1.165, 1.54) is 0 Å². The monoisotopic (exact) mass is 570 g/mol. The van der Waals surface area contributed by atoms with Crippen molar-refractivity contribution in [1.29, 1.82) is 0 Å². The predicted molar refractivity (Wildman–Crippen MR) is 157 cm³/mol. The van der Waals surface area contributed by atoms with E-state index in [2.05, 4.69) is 27.7 Å². The van der Waals surface area contributed by atoms with Crippen LogP contribution in [0.2, 0.25) is 0 Å².